The molecule has 18 heavy (non-hydrogen) atoms. The summed E-state index contributed by atoms with van der Waals surface area (Å²) in [6, 6.07) is 9.05. The number of aldehydes is 1. The van der Waals surface area contributed by atoms with Crippen LogP contribution < -0.4 is 0 Å². The minimum Gasteiger partial charge on any atom is -0.296 e. The average Bonchev–Trinajstić information content (AvgIpc) is 2.84. The van der Waals surface area contributed by atoms with Crippen molar-refractivity contribution in [1.82, 2.24) is 9.97 Å². The van der Waals surface area contributed by atoms with Gasteiger partial charge in [-0.25, -0.2) is 4.98 Å². The fourth-order valence-electron chi connectivity index (χ4n) is 1.69. The Morgan fingerprint density at radius 2 is 2.17 bits per heavy atom. The number of hydrogen-bond donors (Lipinski definition) is 0. The fourth-order valence-corrected chi connectivity index (χ4v) is 2.95. The van der Waals surface area contributed by atoms with Gasteiger partial charge in [-0.15, -0.1) is 11.3 Å². The van der Waals surface area contributed by atoms with E-state index >= 15 is 0 Å². The number of halogens is 1. The van der Waals surface area contributed by atoms with E-state index in [9.17, 15) is 4.79 Å². The summed E-state index contributed by atoms with van der Waals surface area (Å²) in [6.07, 6.45) is 2.42. The summed E-state index contributed by atoms with van der Waals surface area (Å²) in [7, 11) is 0. The van der Waals surface area contributed by atoms with Crippen molar-refractivity contribution in [3.63, 3.8) is 0 Å². The monoisotopic (exact) mass is 274 g/mol. The molecule has 0 unspecified atom stereocenters. The second kappa shape index (κ2) is 4.48. The first-order chi connectivity index (χ1) is 8.78. The fraction of sp³-hybridized carbons (Fsp3) is 0. The van der Waals surface area contributed by atoms with Crippen molar-refractivity contribution >= 4 is 39.4 Å². The van der Waals surface area contributed by atoms with Gasteiger partial charge < -0.3 is 0 Å². The smallest absolute Gasteiger partial charge is 0.168 e. The van der Waals surface area contributed by atoms with Crippen molar-refractivity contribution in [2.75, 3.05) is 0 Å². The zero-order chi connectivity index (χ0) is 12.5. The molecule has 0 N–H and O–H groups in total. The van der Waals surface area contributed by atoms with Crippen molar-refractivity contribution in [3.05, 3.63) is 47.2 Å². The summed E-state index contributed by atoms with van der Waals surface area (Å²) >= 11 is 7.63. The maximum Gasteiger partial charge on any atom is 0.168 e. The number of rotatable bonds is 2. The van der Waals surface area contributed by atoms with E-state index in [-0.39, 0.29) is 0 Å². The highest BCUT2D eigenvalue weighted by molar-refractivity contribution is 7.22. The first-order valence-electron chi connectivity index (χ1n) is 5.24. The van der Waals surface area contributed by atoms with Crippen LogP contribution in [0.15, 0.2) is 36.5 Å². The zero-order valence-corrected chi connectivity index (χ0v) is 10.7. The van der Waals surface area contributed by atoms with E-state index in [1.54, 1.807) is 18.3 Å². The van der Waals surface area contributed by atoms with Gasteiger partial charge >= 0.3 is 0 Å². The van der Waals surface area contributed by atoms with Gasteiger partial charge in [0.05, 0.1) is 25.8 Å². The highest BCUT2D eigenvalue weighted by Gasteiger charge is 2.09. The lowest BCUT2D eigenvalue weighted by Crippen LogP contribution is -1.87. The largest absolute Gasteiger partial charge is 0.296 e. The summed E-state index contributed by atoms with van der Waals surface area (Å²) in [6.45, 7) is 0. The Morgan fingerprint density at radius 1 is 1.28 bits per heavy atom. The van der Waals surface area contributed by atoms with Crippen LogP contribution in [0.5, 0.6) is 0 Å². The lowest BCUT2D eigenvalue weighted by molar-refractivity contribution is 0.111. The summed E-state index contributed by atoms with van der Waals surface area (Å²) in [5.41, 5.74) is 2.03. The van der Waals surface area contributed by atoms with Gasteiger partial charge in [0, 0.05) is 6.20 Å². The zero-order valence-electron chi connectivity index (χ0n) is 9.13. The second-order valence-electron chi connectivity index (χ2n) is 3.68. The van der Waals surface area contributed by atoms with E-state index in [1.165, 1.54) is 11.3 Å². The van der Waals surface area contributed by atoms with Gasteiger partial charge in [0.15, 0.2) is 6.29 Å². The van der Waals surface area contributed by atoms with E-state index < -0.39 is 0 Å². The van der Waals surface area contributed by atoms with Crippen molar-refractivity contribution < 1.29 is 4.79 Å². The van der Waals surface area contributed by atoms with Gasteiger partial charge in [-0.1, -0.05) is 17.7 Å². The normalized spacial score (nSPS) is 10.7. The van der Waals surface area contributed by atoms with Crippen LogP contribution in [-0.2, 0) is 0 Å². The lowest BCUT2D eigenvalue weighted by atomic mass is 10.2. The number of nitrogens with zero attached hydrogens (tertiary/aromatic N) is 2. The van der Waals surface area contributed by atoms with Gasteiger partial charge in [0.1, 0.15) is 5.69 Å². The van der Waals surface area contributed by atoms with E-state index in [1.807, 2.05) is 18.2 Å². The topological polar surface area (TPSA) is 42.9 Å². The summed E-state index contributed by atoms with van der Waals surface area (Å²) in [4.78, 5) is 20.2. The Morgan fingerprint density at radius 3 is 2.94 bits per heavy atom. The van der Waals surface area contributed by atoms with Crippen LogP contribution >= 0.6 is 22.9 Å². The Labute approximate surface area is 112 Å². The minimum atomic E-state index is 0.420. The van der Waals surface area contributed by atoms with Crippen LogP contribution in [0.1, 0.15) is 10.5 Å². The Kier molecular flexibility index (Phi) is 2.81. The molecular weight excluding hydrogens is 268 g/mol. The molecule has 3 rings (SSSR count). The summed E-state index contributed by atoms with van der Waals surface area (Å²) < 4.78 is 0.937. The molecule has 3 aromatic heterocycles. The van der Waals surface area contributed by atoms with Crippen molar-refractivity contribution in [3.8, 4) is 10.6 Å². The average molecular weight is 275 g/mol. The molecule has 0 amide bonds. The van der Waals surface area contributed by atoms with E-state index in [0.29, 0.717) is 10.7 Å². The number of aromatic nitrogens is 2. The van der Waals surface area contributed by atoms with Gasteiger partial charge in [-0.05, 0) is 24.3 Å². The molecule has 88 valence electrons. The lowest BCUT2D eigenvalue weighted by Gasteiger charge is -1.96. The number of hydrogen-bond acceptors (Lipinski definition) is 4. The van der Waals surface area contributed by atoms with Gasteiger partial charge in [0.25, 0.3) is 0 Å². The molecule has 3 nitrogen and oxygen atoms in total. The van der Waals surface area contributed by atoms with Crippen LogP contribution in [0, 0.1) is 0 Å². The predicted octanol–water partition coefficient (Wildman–Crippen LogP) is 3.82. The van der Waals surface area contributed by atoms with Crippen LogP contribution in [0.4, 0.5) is 0 Å². The SMILES string of the molecule is O=Cc1cccc(-c2cc3nccc(Cl)c3s2)n1. The first-order valence-corrected chi connectivity index (χ1v) is 6.44. The molecule has 0 saturated heterocycles. The Hall–Kier alpha value is -1.78. The highest BCUT2D eigenvalue weighted by Crippen LogP contribution is 2.35. The summed E-state index contributed by atoms with van der Waals surface area (Å²) in [5, 5.41) is 0.683. The molecule has 0 aliphatic heterocycles. The minimum absolute atomic E-state index is 0.420. The maximum absolute atomic E-state index is 10.7. The van der Waals surface area contributed by atoms with E-state index in [4.69, 9.17) is 11.6 Å². The quantitative estimate of drug-likeness (QED) is 0.667. The highest BCUT2D eigenvalue weighted by atomic mass is 35.5. The maximum atomic E-state index is 10.7. The molecule has 3 heterocycles. The van der Waals surface area contributed by atoms with Gasteiger partial charge in [0.2, 0.25) is 0 Å². The number of carbonyl (C=O) groups is 1. The number of thiophene rings is 1. The van der Waals surface area contributed by atoms with Crippen LogP contribution in [-0.4, -0.2) is 16.3 Å². The Bertz CT molecular complexity index is 739. The Balaban J connectivity index is 2.19. The van der Waals surface area contributed by atoms with Crippen molar-refractivity contribution in [2.45, 2.75) is 0 Å². The molecule has 0 aliphatic carbocycles. The van der Waals surface area contributed by atoms with Crippen LogP contribution in [0.3, 0.4) is 0 Å². The molecule has 0 radical (unpaired) electrons. The molecule has 0 spiro atoms. The third-order valence-electron chi connectivity index (χ3n) is 2.51. The van der Waals surface area contributed by atoms with E-state index in [0.717, 1.165) is 27.1 Å². The van der Waals surface area contributed by atoms with Gasteiger partial charge in [-0.3, -0.25) is 9.78 Å². The molecule has 0 fully saturated rings. The molecule has 0 bridgehead atoms. The van der Waals surface area contributed by atoms with Crippen LogP contribution in [0.2, 0.25) is 5.02 Å². The predicted molar refractivity (Wildman–Crippen MR) is 73.2 cm³/mol. The number of carbonyl (C=O) groups excluding carboxylic acids is 1. The molecule has 0 saturated carbocycles. The number of fused-ring (bicyclic) bond motifs is 1. The molecule has 3 aromatic rings. The third kappa shape index (κ3) is 1.89. The van der Waals surface area contributed by atoms with Crippen molar-refractivity contribution in [2.24, 2.45) is 0 Å². The standard InChI is InChI=1S/C13H7ClN2OS/c14-9-4-5-15-11-6-12(18-13(9)11)10-3-1-2-8(7-17)16-10/h1-7H. The van der Waals surface area contributed by atoms with Crippen LogP contribution in [0.25, 0.3) is 20.8 Å². The molecule has 5 heteroatoms. The molecule has 0 atom stereocenters. The number of pyridine rings is 2. The molecule has 0 aliphatic rings. The van der Waals surface area contributed by atoms with E-state index in [2.05, 4.69) is 9.97 Å². The van der Waals surface area contributed by atoms with Crippen molar-refractivity contribution in [1.29, 1.82) is 0 Å². The first kappa shape index (κ1) is 11.3. The second-order valence-corrected chi connectivity index (χ2v) is 5.14. The summed E-state index contributed by atoms with van der Waals surface area (Å²) in [5.74, 6) is 0. The molecule has 0 aromatic carbocycles. The third-order valence-corrected chi connectivity index (χ3v) is 4.11. The van der Waals surface area contributed by atoms with Gasteiger partial charge in [-0.2, -0.15) is 0 Å². The molecular formula is C13H7ClN2OS.